The van der Waals surface area contributed by atoms with Crippen molar-refractivity contribution in [3.63, 3.8) is 0 Å². The molecule has 2 fully saturated rings. The molecule has 2 aliphatic rings. The summed E-state index contributed by atoms with van der Waals surface area (Å²) in [6, 6.07) is 3.42. The van der Waals surface area contributed by atoms with E-state index in [2.05, 4.69) is 14.8 Å². The van der Waals surface area contributed by atoms with Gasteiger partial charge in [0.1, 0.15) is 5.82 Å². The molecule has 0 aliphatic carbocycles. The van der Waals surface area contributed by atoms with Gasteiger partial charge in [-0.3, -0.25) is 14.6 Å². The van der Waals surface area contributed by atoms with Crippen LogP contribution in [0.15, 0.2) is 18.3 Å². The number of piperazine rings is 1. The van der Waals surface area contributed by atoms with E-state index >= 15 is 0 Å². The third-order valence-electron chi connectivity index (χ3n) is 4.53. The molecular formula is C16H25N5O2. The van der Waals surface area contributed by atoms with Crippen molar-refractivity contribution in [2.75, 3.05) is 71.3 Å². The Morgan fingerprint density at radius 1 is 1.04 bits per heavy atom. The SMILES string of the molecule is Nc1ccc(C(=O)N2CCN(CCN3CCOCC3)CC2)cn1. The zero-order chi connectivity index (χ0) is 16.1. The highest BCUT2D eigenvalue weighted by atomic mass is 16.5. The van der Waals surface area contributed by atoms with E-state index in [1.165, 1.54) is 0 Å². The fourth-order valence-corrected chi connectivity index (χ4v) is 3.00. The van der Waals surface area contributed by atoms with Crippen molar-refractivity contribution in [2.45, 2.75) is 0 Å². The highest BCUT2D eigenvalue weighted by molar-refractivity contribution is 5.94. The largest absolute Gasteiger partial charge is 0.384 e. The average Bonchev–Trinajstić information content (AvgIpc) is 2.61. The summed E-state index contributed by atoms with van der Waals surface area (Å²) in [6.07, 6.45) is 1.56. The Morgan fingerprint density at radius 3 is 2.30 bits per heavy atom. The Labute approximate surface area is 137 Å². The molecule has 2 saturated heterocycles. The highest BCUT2D eigenvalue weighted by Crippen LogP contribution is 2.09. The zero-order valence-electron chi connectivity index (χ0n) is 13.5. The molecule has 0 aromatic carbocycles. The van der Waals surface area contributed by atoms with Crippen LogP contribution in [0.1, 0.15) is 10.4 Å². The number of carbonyl (C=O) groups excluding carboxylic acids is 1. The predicted molar refractivity (Wildman–Crippen MR) is 88.3 cm³/mol. The first-order valence-corrected chi connectivity index (χ1v) is 8.25. The summed E-state index contributed by atoms with van der Waals surface area (Å²) in [7, 11) is 0. The summed E-state index contributed by atoms with van der Waals surface area (Å²) in [5, 5.41) is 0. The van der Waals surface area contributed by atoms with Crippen molar-refractivity contribution < 1.29 is 9.53 Å². The fraction of sp³-hybridized carbons (Fsp3) is 0.625. The molecule has 0 spiro atoms. The lowest BCUT2D eigenvalue weighted by Gasteiger charge is -2.36. The smallest absolute Gasteiger partial charge is 0.255 e. The monoisotopic (exact) mass is 319 g/mol. The van der Waals surface area contributed by atoms with Crippen molar-refractivity contribution >= 4 is 11.7 Å². The lowest BCUT2D eigenvalue weighted by Crippen LogP contribution is -2.51. The number of pyridine rings is 1. The highest BCUT2D eigenvalue weighted by Gasteiger charge is 2.22. The number of hydrogen-bond acceptors (Lipinski definition) is 6. The molecule has 0 bridgehead atoms. The molecule has 0 radical (unpaired) electrons. The number of aromatic nitrogens is 1. The van der Waals surface area contributed by atoms with Crippen molar-refractivity contribution in [2.24, 2.45) is 0 Å². The first kappa shape index (κ1) is 16.2. The van der Waals surface area contributed by atoms with E-state index in [9.17, 15) is 4.79 Å². The molecule has 0 atom stereocenters. The maximum atomic E-state index is 12.4. The van der Waals surface area contributed by atoms with Crippen LogP contribution in [0.3, 0.4) is 0 Å². The Kier molecular flexibility index (Phi) is 5.43. The van der Waals surface area contributed by atoms with Gasteiger partial charge in [0.05, 0.1) is 18.8 Å². The molecule has 1 amide bonds. The quantitative estimate of drug-likeness (QED) is 0.825. The van der Waals surface area contributed by atoms with E-state index in [1.54, 1.807) is 18.3 Å². The molecule has 3 rings (SSSR count). The van der Waals surface area contributed by atoms with Gasteiger partial charge < -0.3 is 15.4 Å². The number of rotatable bonds is 4. The van der Waals surface area contributed by atoms with Crippen LogP contribution in [-0.2, 0) is 4.74 Å². The van der Waals surface area contributed by atoms with E-state index in [-0.39, 0.29) is 5.91 Å². The van der Waals surface area contributed by atoms with E-state index in [4.69, 9.17) is 10.5 Å². The minimum atomic E-state index is 0.0466. The average molecular weight is 319 g/mol. The number of nitrogens with zero attached hydrogens (tertiary/aromatic N) is 4. The van der Waals surface area contributed by atoms with Gasteiger partial charge in [-0.15, -0.1) is 0 Å². The van der Waals surface area contributed by atoms with Crippen LogP contribution in [0.2, 0.25) is 0 Å². The molecule has 23 heavy (non-hydrogen) atoms. The van der Waals surface area contributed by atoms with Gasteiger partial charge in [0.25, 0.3) is 5.91 Å². The molecule has 2 aliphatic heterocycles. The van der Waals surface area contributed by atoms with Crippen LogP contribution in [0.25, 0.3) is 0 Å². The molecule has 0 unspecified atom stereocenters. The molecule has 126 valence electrons. The van der Waals surface area contributed by atoms with Gasteiger partial charge >= 0.3 is 0 Å². The molecular weight excluding hydrogens is 294 g/mol. The molecule has 0 saturated carbocycles. The van der Waals surface area contributed by atoms with Crippen molar-refractivity contribution in [3.05, 3.63) is 23.9 Å². The second-order valence-electron chi connectivity index (χ2n) is 6.06. The van der Waals surface area contributed by atoms with Gasteiger partial charge in [0, 0.05) is 58.6 Å². The number of carbonyl (C=O) groups is 1. The predicted octanol–water partition coefficient (Wildman–Crippen LogP) is -0.246. The number of ether oxygens (including phenoxy) is 1. The first-order valence-electron chi connectivity index (χ1n) is 8.25. The Bertz CT molecular complexity index is 508. The van der Waals surface area contributed by atoms with E-state index in [0.717, 1.165) is 65.6 Å². The van der Waals surface area contributed by atoms with E-state index < -0.39 is 0 Å². The number of morpholine rings is 1. The van der Waals surface area contributed by atoms with Gasteiger partial charge in [-0.1, -0.05) is 0 Å². The second kappa shape index (κ2) is 7.72. The summed E-state index contributed by atoms with van der Waals surface area (Å²) in [5.74, 6) is 0.486. The lowest BCUT2D eigenvalue weighted by molar-refractivity contribution is 0.0293. The standard InChI is InChI=1S/C16H25N5O2/c17-15-2-1-14(13-18-15)16(22)21-7-5-19(6-8-21)3-4-20-9-11-23-12-10-20/h1-2,13H,3-12H2,(H2,17,18). The summed E-state index contributed by atoms with van der Waals surface area (Å²) in [6.45, 7) is 9.29. The van der Waals surface area contributed by atoms with Crippen molar-refractivity contribution in [3.8, 4) is 0 Å². The van der Waals surface area contributed by atoms with Crippen LogP contribution in [0.5, 0.6) is 0 Å². The third-order valence-corrected chi connectivity index (χ3v) is 4.53. The van der Waals surface area contributed by atoms with Crippen LogP contribution in [-0.4, -0.2) is 91.2 Å². The molecule has 7 heteroatoms. The summed E-state index contributed by atoms with van der Waals surface area (Å²) >= 11 is 0. The van der Waals surface area contributed by atoms with Gasteiger partial charge in [-0.2, -0.15) is 0 Å². The number of anilines is 1. The molecule has 1 aromatic rings. The second-order valence-corrected chi connectivity index (χ2v) is 6.06. The molecule has 3 heterocycles. The summed E-state index contributed by atoms with van der Waals surface area (Å²) in [5.41, 5.74) is 6.18. The third kappa shape index (κ3) is 4.40. The first-order chi connectivity index (χ1) is 11.2. The van der Waals surface area contributed by atoms with E-state index in [0.29, 0.717) is 11.4 Å². The number of amides is 1. The van der Waals surface area contributed by atoms with Gasteiger partial charge in [0.2, 0.25) is 0 Å². The zero-order valence-corrected chi connectivity index (χ0v) is 13.5. The van der Waals surface area contributed by atoms with Crippen molar-refractivity contribution in [1.29, 1.82) is 0 Å². The number of hydrogen-bond donors (Lipinski definition) is 1. The Morgan fingerprint density at radius 2 is 1.70 bits per heavy atom. The normalized spacial score (nSPS) is 20.6. The molecule has 7 nitrogen and oxygen atoms in total. The number of nitrogens with two attached hydrogens (primary N) is 1. The Hall–Kier alpha value is -1.70. The topological polar surface area (TPSA) is 74.9 Å². The maximum absolute atomic E-state index is 12.4. The van der Waals surface area contributed by atoms with Crippen LogP contribution >= 0.6 is 0 Å². The maximum Gasteiger partial charge on any atom is 0.255 e. The van der Waals surface area contributed by atoms with Crippen LogP contribution in [0, 0.1) is 0 Å². The number of nitrogen functional groups attached to an aromatic ring is 1. The van der Waals surface area contributed by atoms with Gasteiger partial charge in [0.15, 0.2) is 0 Å². The fourth-order valence-electron chi connectivity index (χ4n) is 3.00. The van der Waals surface area contributed by atoms with Gasteiger partial charge in [-0.05, 0) is 12.1 Å². The Balaban J connectivity index is 1.42. The van der Waals surface area contributed by atoms with E-state index in [1.807, 2.05) is 4.90 Å². The van der Waals surface area contributed by atoms with Crippen LogP contribution < -0.4 is 5.73 Å². The summed E-state index contributed by atoms with van der Waals surface area (Å²) in [4.78, 5) is 23.2. The minimum Gasteiger partial charge on any atom is -0.384 e. The van der Waals surface area contributed by atoms with Crippen LogP contribution in [0.4, 0.5) is 5.82 Å². The summed E-state index contributed by atoms with van der Waals surface area (Å²) < 4.78 is 5.37. The van der Waals surface area contributed by atoms with Gasteiger partial charge in [-0.25, -0.2) is 4.98 Å². The minimum absolute atomic E-state index is 0.0466. The lowest BCUT2D eigenvalue weighted by atomic mass is 10.2. The molecule has 2 N–H and O–H groups in total. The molecule has 1 aromatic heterocycles. The van der Waals surface area contributed by atoms with Crippen molar-refractivity contribution in [1.82, 2.24) is 19.7 Å².